The van der Waals surface area contributed by atoms with Crippen molar-refractivity contribution >= 4 is 5.91 Å². The summed E-state index contributed by atoms with van der Waals surface area (Å²) in [5.41, 5.74) is 6.23. The molecule has 1 aromatic heterocycles. The Balaban J connectivity index is 2.28. The molecule has 0 bridgehead atoms. The van der Waals surface area contributed by atoms with E-state index < -0.39 is 29.7 Å². The zero-order valence-corrected chi connectivity index (χ0v) is 17.3. The Morgan fingerprint density at radius 1 is 1.22 bits per heavy atom. The van der Waals surface area contributed by atoms with Crippen LogP contribution in [0, 0.1) is 5.82 Å². The van der Waals surface area contributed by atoms with Gasteiger partial charge < -0.3 is 15.7 Å². The van der Waals surface area contributed by atoms with Gasteiger partial charge in [-0.2, -0.15) is 13.2 Å². The summed E-state index contributed by atoms with van der Waals surface area (Å²) in [4.78, 5) is 17.7. The van der Waals surface area contributed by atoms with Crippen LogP contribution in [-0.4, -0.2) is 27.4 Å². The molecule has 32 heavy (non-hydrogen) atoms. The van der Waals surface area contributed by atoms with Crippen molar-refractivity contribution in [3.05, 3.63) is 101 Å². The Kier molecular flexibility index (Phi) is 8.31. The van der Waals surface area contributed by atoms with Crippen molar-refractivity contribution in [2.24, 2.45) is 5.73 Å². The summed E-state index contributed by atoms with van der Waals surface area (Å²) in [5, 5.41) is 10.5. The Bertz CT molecular complexity index is 997. The van der Waals surface area contributed by atoms with Crippen molar-refractivity contribution in [3.8, 4) is 0 Å². The summed E-state index contributed by atoms with van der Waals surface area (Å²) in [6, 6.07) is 6.92. The average Bonchev–Trinajstić information content (AvgIpc) is 2.75. The molecule has 0 radical (unpaired) electrons. The fourth-order valence-corrected chi connectivity index (χ4v) is 2.75. The maximum atomic E-state index is 13.2. The van der Waals surface area contributed by atoms with E-state index in [0.29, 0.717) is 11.1 Å². The van der Waals surface area contributed by atoms with Gasteiger partial charge in [0.15, 0.2) is 6.10 Å². The van der Waals surface area contributed by atoms with Crippen molar-refractivity contribution in [3.63, 3.8) is 0 Å². The summed E-state index contributed by atoms with van der Waals surface area (Å²) in [6.45, 7) is 5.46. The molecule has 9 heteroatoms. The molecule has 2 aromatic rings. The molecule has 0 aliphatic carbocycles. The highest BCUT2D eigenvalue weighted by molar-refractivity contribution is 5.84. The number of nitrogens with zero attached hydrogens (tertiary/aromatic N) is 2. The molecule has 2 rings (SSSR count). The van der Waals surface area contributed by atoms with Gasteiger partial charge in [-0.1, -0.05) is 36.4 Å². The molecule has 0 saturated heterocycles. The predicted octanol–water partition coefficient (Wildman–Crippen LogP) is 4.28. The number of aliphatic hydroxyl groups excluding tert-OH is 1. The average molecular weight is 449 g/mol. The maximum Gasteiger partial charge on any atom is 0.433 e. The van der Waals surface area contributed by atoms with E-state index in [0.717, 1.165) is 24.4 Å². The van der Waals surface area contributed by atoms with Gasteiger partial charge in [-0.3, -0.25) is 9.78 Å². The number of pyridine rings is 1. The Morgan fingerprint density at radius 3 is 2.38 bits per heavy atom. The summed E-state index contributed by atoms with van der Waals surface area (Å²) >= 11 is 0. The number of amides is 1. The number of halogens is 4. The van der Waals surface area contributed by atoms with Crippen LogP contribution >= 0.6 is 0 Å². The predicted molar refractivity (Wildman–Crippen MR) is 112 cm³/mol. The van der Waals surface area contributed by atoms with Gasteiger partial charge in [0.2, 0.25) is 0 Å². The molecule has 0 saturated carbocycles. The fraction of sp³-hybridized carbons (Fsp3) is 0.217. The maximum absolute atomic E-state index is 13.2. The second-order valence-electron chi connectivity index (χ2n) is 7.01. The van der Waals surface area contributed by atoms with Gasteiger partial charge in [0.25, 0.3) is 5.91 Å². The molecule has 0 unspecified atom stereocenters. The highest BCUT2D eigenvalue weighted by atomic mass is 19.4. The van der Waals surface area contributed by atoms with E-state index in [9.17, 15) is 27.5 Å². The van der Waals surface area contributed by atoms with Crippen LogP contribution in [0.2, 0.25) is 0 Å². The smallest absolute Gasteiger partial charge is 0.403 e. The molecule has 1 aromatic carbocycles. The third-order valence-electron chi connectivity index (χ3n) is 4.45. The Morgan fingerprint density at radius 2 is 1.88 bits per heavy atom. The first kappa shape index (κ1) is 24.8. The number of rotatable bonds is 8. The normalized spacial score (nSPS) is 13.2. The molecule has 0 aliphatic heterocycles. The Hall–Kier alpha value is -3.46. The van der Waals surface area contributed by atoms with Gasteiger partial charge in [0.1, 0.15) is 11.5 Å². The molecular weight excluding hydrogens is 426 g/mol. The van der Waals surface area contributed by atoms with Crippen LogP contribution in [0.3, 0.4) is 0 Å². The van der Waals surface area contributed by atoms with Gasteiger partial charge in [-0.05, 0) is 48.7 Å². The number of aliphatic hydroxyl groups is 1. The van der Waals surface area contributed by atoms with Crippen LogP contribution in [0.5, 0.6) is 0 Å². The van der Waals surface area contributed by atoms with Crippen LogP contribution in [0.4, 0.5) is 17.6 Å². The molecule has 1 atom stereocenters. The highest BCUT2D eigenvalue weighted by Crippen LogP contribution is 2.27. The largest absolute Gasteiger partial charge is 0.433 e. The molecule has 1 amide bonds. The third-order valence-corrected chi connectivity index (χ3v) is 4.45. The molecule has 0 aliphatic rings. The van der Waals surface area contributed by atoms with Crippen LogP contribution in [0.25, 0.3) is 0 Å². The van der Waals surface area contributed by atoms with Crippen LogP contribution in [-0.2, 0) is 17.4 Å². The van der Waals surface area contributed by atoms with Crippen molar-refractivity contribution in [1.29, 1.82) is 0 Å². The van der Waals surface area contributed by atoms with E-state index >= 15 is 0 Å². The zero-order chi connectivity index (χ0) is 23.9. The second-order valence-corrected chi connectivity index (χ2v) is 7.01. The van der Waals surface area contributed by atoms with Crippen molar-refractivity contribution in [2.45, 2.75) is 25.6 Å². The topological polar surface area (TPSA) is 79.5 Å². The molecule has 5 nitrogen and oxygen atoms in total. The van der Waals surface area contributed by atoms with Gasteiger partial charge in [-0.25, -0.2) is 4.39 Å². The summed E-state index contributed by atoms with van der Waals surface area (Å²) in [6.07, 6.45) is -0.620. The lowest BCUT2D eigenvalue weighted by Crippen LogP contribution is -2.36. The first-order chi connectivity index (χ1) is 15.0. The summed E-state index contributed by atoms with van der Waals surface area (Å²) in [5.74, 6) is -1.26. The van der Waals surface area contributed by atoms with Gasteiger partial charge in [-0.15, -0.1) is 0 Å². The van der Waals surface area contributed by atoms with Crippen LogP contribution < -0.4 is 5.73 Å². The quantitative estimate of drug-likeness (QED) is 0.466. The third kappa shape index (κ3) is 6.78. The van der Waals surface area contributed by atoms with Crippen molar-refractivity contribution in [1.82, 2.24) is 9.88 Å². The minimum absolute atomic E-state index is 0.00625. The number of aromatic nitrogens is 1. The molecule has 170 valence electrons. The minimum Gasteiger partial charge on any atom is -0.403 e. The number of hydrogen-bond acceptors (Lipinski definition) is 4. The van der Waals surface area contributed by atoms with Crippen LogP contribution in [0.1, 0.15) is 29.8 Å². The van der Waals surface area contributed by atoms with E-state index in [1.54, 1.807) is 13.0 Å². The lowest BCUT2D eigenvalue weighted by molar-refractivity contribution is -0.141. The summed E-state index contributed by atoms with van der Waals surface area (Å²) in [7, 11) is 0. The number of allylic oxidation sites excluding steroid dienone is 3. The van der Waals surface area contributed by atoms with Crippen molar-refractivity contribution < 1.29 is 27.5 Å². The van der Waals surface area contributed by atoms with Gasteiger partial charge in [0.05, 0.1) is 5.70 Å². The molecule has 3 N–H and O–H groups in total. The first-order valence-corrected chi connectivity index (χ1v) is 9.55. The summed E-state index contributed by atoms with van der Waals surface area (Å²) < 4.78 is 51.3. The van der Waals surface area contributed by atoms with Gasteiger partial charge >= 0.3 is 6.18 Å². The second kappa shape index (κ2) is 10.7. The number of hydrogen-bond donors (Lipinski definition) is 2. The molecule has 0 spiro atoms. The molecule has 1 heterocycles. The number of nitrogens with two attached hydrogens (primary N) is 1. The van der Waals surface area contributed by atoms with E-state index in [2.05, 4.69) is 11.6 Å². The van der Waals surface area contributed by atoms with E-state index in [-0.39, 0.29) is 24.2 Å². The number of carbonyl (C=O) groups is 1. The van der Waals surface area contributed by atoms with E-state index in [1.165, 1.54) is 35.4 Å². The van der Waals surface area contributed by atoms with Crippen LogP contribution in [0.15, 0.2) is 78.8 Å². The first-order valence-electron chi connectivity index (χ1n) is 9.55. The number of benzene rings is 1. The number of alkyl halides is 3. The number of carbonyl (C=O) groups excluding carboxylic acids is 1. The Labute approximate surface area is 183 Å². The lowest BCUT2D eigenvalue weighted by atomic mass is 10.1. The van der Waals surface area contributed by atoms with E-state index in [4.69, 9.17) is 5.73 Å². The molecular formula is C23H23F4N3O2. The zero-order valence-electron chi connectivity index (χ0n) is 17.3. The SMILES string of the molecule is C=C(C)/C=C\C(=C/N)N(CCc1ccc(C(F)(F)F)nc1)C(=O)[C@@H](O)c1ccc(F)cc1. The fourth-order valence-electron chi connectivity index (χ4n) is 2.75. The highest BCUT2D eigenvalue weighted by Gasteiger charge is 2.32. The monoisotopic (exact) mass is 449 g/mol. The lowest BCUT2D eigenvalue weighted by Gasteiger charge is -2.26. The van der Waals surface area contributed by atoms with E-state index in [1.807, 2.05) is 0 Å². The van der Waals surface area contributed by atoms with Crippen molar-refractivity contribution in [2.75, 3.05) is 6.54 Å². The molecule has 0 fully saturated rings. The van der Waals surface area contributed by atoms with Gasteiger partial charge in [0, 0.05) is 18.9 Å². The standard InChI is InChI=1S/C23H23F4N3O2/c1-15(2)3-9-19(13-28)30(22(32)21(31)17-5-7-18(24)8-6-17)12-11-16-4-10-20(29-14-16)23(25,26)27/h3-10,13-14,21,31H,1,11-12,28H2,2H3/b9-3-,19-13+/t21-/m0/s1. The minimum atomic E-state index is -4.55.